The van der Waals surface area contributed by atoms with Crippen LogP contribution in [0.3, 0.4) is 0 Å². The van der Waals surface area contributed by atoms with Gasteiger partial charge in [-0.15, -0.1) is 0 Å². The van der Waals surface area contributed by atoms with E-state index in [1.54, 1.807) is 0 Å². The second-order valence-electron chi connectivity index (χ2n) is 2.96. The summed E-state index contributed by atoms with van der Waals surface area (Å²) in [7, 11) is 0. The molecular formula is C9H16O3. The predicted octanol–water partition coefficient (Wildman–Crippen LogP) is 1.08. The third-order valence-electron chi connectivity index (χ3n) is 1.84. The Morgan fingerprint density at radius 2 is 2.17 bits per heavy atom. The Hall–Kier alpha value is -0.380. The normalized spacial score (nSPS) is 20.3. The molecule has 1 aliphatic rings. The smallest absolute Gasteiger partial charge is 0.158 e. The first-order valence-corrected chi connectivity index (χ1v) is 4.32. The molecule has 12 heavy (non-hydrogen) atoms. The Bertz CT molecular complexity index is 148. The molecule has 3 heteroatoms. The van der Waals surface area contributed by atoms with E-state index in [-0.39, 0.29) is 12.9 Å². The molecule has 1 fully saturated rings. The number of hydrogen-bond donors (Lipinski definition) is 1. The van der Waals surface area contributed by atoms with Gasteiger partial charge in [-0.1, -0.05) is 11.6 Å². The third-order valence-corrected chi connectivity index (χ3v) is 1.84. The first-order chi connectivity index (χ1) is 5.83. The lowest BCUT2D eigenvalue weighted by molar-refractivity contribution is -0.0457. The summed E-state index contributed by atoms with van der Waals surface area (Å²) in [5.74, 6) is 0. The van der Waals surface area contributed by atoms with Gasteiger partial charge in [0.25, 0.3) is 0 Å². The van der Waals surface area contributed by atoms with Crippen LogP contribution in [0.1, 0.15) is 19.8 Å². The predicted molar refractivity (Wildman–Crippen MR) is 45.8 cm³/mol. The third kappa shape index (κ3) is 3.34. The van der Waals surface area contributed by atoms with E-state index >= 15 is 0 Å². The van der Waals surface area contributed by atoms with Crippen molar-refractivity contribution in [3.05, 3.63) is 11.6 Å². The highest BCUT2D eigenvalue weighted by atomic mass is 16.7. The lowest BCUT2D eigenvalue weighted by atomic mass is 10.2. The van der Waals surface area contributed by atoms with Gasteiger partial charge >= 0.3 is 0 Å². The highest BCUT2D eigenvalue weighted by molar-refractivity contribution is 4.97. The highest BCUT2D eigenvalue weighted by Crippen LogP contribution is 2.11. The van der Waals surface area contributed by atoms with Crippen LogP contribution >= 0.6 is 0 Å². The number of hydrogen-bond acceptors (Lipinski definition) is 3. The summed E-state index contributed by atoms with van der Waals surface area (Å²) in [6.07, 6.45) is 3.80. The molecule has 0 bridgehead atoms. The van der Waals surface area contributed by atoms with E-state index in [1.807, 2.05) is 13.0 Å². The molecule has 0 aromatic rings. The number of ether oxygens (including phenoxy) is 2. The van der Waals surface area contributed by atoms with Crippen molar-refractivity contribution < 1.29 is 14.6 Å². The number of rotatable bonds is 4. The minimum atomic E-state index is -0.0206. The minimum Gasteiger partial charge on any atom is -0.392 e. The van der Waals surface area contributed by atoms with Crippen LogP contribution < -0.4 is 0 Å². The molecule has 0 aliphatic carbocycles. The molecule has 0 unspecified atom stereocenters. The van der Waals surface area contributed by atoms with Crippen molar-refractivity contribution in [3.8, 4) is 0 Å². The summed E-state index contributed by atoms with van der Waals surface area (Å²) in [6, 6.07) is 0. The van der Waals surface area contributed by atoms with Crippen LogP contribution in [0.15, 0.2) is 11.6 Å². The fraction of sp³-hybridized carbons (Fsp3) is 0.778. The van der Waals surface area contributed by atoms with Crippen molar-refractivity contribution in [3.63, 3.8) is 0 Å². The average Bonchev–Trinajstić information content (AvgIpc) is 2.57. The molecule has 0 saturated carbocycles. The summed E-state index contributed by atoms with van der Waals surface area (Å²) in [4.78, 5) is 0. The van der Waals surface area contributed by atoms with Gasteiger partial charge in [0.1, 0.15) is 0 Å². The standard InChI is InChI=1S/C9H16O3/c1-8(7-10)3-2-4-9-11-5-6-12-9/h3,9-10H,2,4-7H2,1H3/b8-3+. The largest absolute Gasteiger partial charge is 0.392 e. The Morgan fingerprint density at radius 3 is 2.75 bits per heavy atom. The molecular weight excluding hydrogens is 156 g/mol. The SMILES string of the molecule is C/C(=C\CCC1OCCO1)CO. The van der Waals surface area contributed by atoms with Crippen LogP contribution in [0.2, 0.25) is 0 Å². The summed E-state index contributed by atoms with van der Waals surface area (Å²) >= 11 is 0. The van der Waals surface area contributed by atoms with E-state index in [0.29, 0.717) is 13.2 Å². The maximum absolute atomic E-state index is 8.70. The zero-order chi connectivity index (χ0) is 8.81. The Kier molecular flexibility index (Phi) is 4.29. The monoisotopic (exact) mass is 172 g/mol. The van der Waals surface area contributed by atoms with Crippen molar-refractivity contribution in [2.75, 3.05) is 19.8 Å². The Balaban J connectivity index is 2.08. The van der Waals surface area contributed by atoms with E-state index in [4.69, 9.17) is 14.6 Å². The molecule has 1 N–H and O–H groups in total. The van der Waals surface area contributed by atoms with Gasteiger partial charge in [-0.25, -0.2) is 0 Å². The fourth-order valence-electron chi connectivity index (χ4n) is 1.10. The molecule has 1 rings (SSSR count). The molecule has 70 valence electrons. The molecule has 0 amide bonds. The van der Waals surface area contributed by atoms with E-state index in [1.165, 1.54) is 0 Å². The fourth-order valence-corrected chi connectivity index (χ4v) is 1.10. The summed E-state index contributed by atoms with van der Waals surface area (Å²) in [6.45, 7) is 3.49. The highest BCUT2D eigenvalue weighted by Gasteiger charge is 2.13. The molecule has 1 heterocycles. The maximum atomic E-state index is 8.70. The second-order valence-corrected chi connectivity index (χ2v) is 2.96. The van der Waals surface area contributed by atoms with Crippen LogP contribution in [0, 0.1) is 0 Å². The van der Waals surface area contributed by atoms with Crippen molar-refractivity contribution in [2.45, 2.75) is 26.1 Å². The van der Waals surface area contributed by atoms with E-state index in [0.717, 1.165) is 18.4 Å². The Labute approximate surface area is 73.0 Å². The molecule has 0 radical (unpaired) electrons. The van der Waals surface area contributed by atoms with Crippen molar-refractivity contribution in [2.24, 2.45) is 0 Å². The first-order valence-electron chi connectivity index (χ1n) is 4.32. The van der Waals surface area contributed by atoms with Crippen molar-refractivity contribution >= 4 is 0 Å². The van der Waals surface area contributed by atoms with Crippen LogP contribution in [0.5, 0.6) is 0 Å². The number of allylic oxidation sites excluding steroid dienone is 1. The van der Waals surface area contributed by atoms with Gasteiger partial charge in [0.2, 0.25) is 0 Å². The number of aliphatic hydroxyl groups excluding tert-OH is 1. The average molecular weight is 172 g/mol. The van der Waals surface area contributed by atoms with Crippen LogP contribution in [0.4, 0.5) is 0 Å². The molecule has 3 nitrogen and oxygen atoms in total. The summed E-state index contributed by atoms with van der Waals surface area (Å²) in [5, 5.41) is 8.70. The van der Waals surface area contributed by atoms with E-state index < -0.39 is 0 Å². The molecule has 0 atom stereocenters. The quantitative estimate of drug-likeness (QED) is 0.645. The van der Waals surface area contributed by atoms with Gasteiger partial charge in [-0.3, -0.25) is 0 Å². The molecule has 1 saturated heterocycles. The van der Waals surface area contributed by atoms with Crippen LogP contribution in [-0.4, -0.2) is 31.2 Å². The second kappa shape index (κ2) is 5.30. The van der Waals surface area contributed by atoms with Gasteiger partial charge < -0.3 is 14.6 Å². The Morgan fingerprint density at radius 1 is 1.50 bits per heavy atom. The zero-order valence-corrected chi connectivity index (χ0v) is 7.45. The van der Waals surface area contributed by atoms with E-state index in [2.05, 4.69) is 0 Å². The molecule has 1 aliphatic heterocycles. The van der Waals surface area contributed by atoms with Gasteiger partial charge in [-0.05, 0) is 13.3 Å². The van der Waals surface area contributed by atoms with Gasteiger partial charge in [0, 0.05) is 6.42 Å². The summed E-state index contributed by atoms with van der Waals surface area (Å²) < 4.78 is 10.5. The molecule has 0 aromatic carbocycles. The molecule has 0 spiro atoms. The van der Waals surface area contributed by atoms with Crippen molar-refractivity contribution in [1.29, 1.82) is 0 Å². The lowest BCUT2D eigenvalue weighted by Crippen LogP contribution is -2.06. The maximum Gasteiger partial charge on any atom is 0.158 e. The van der Waals surface area contributed by atoms with Gasteiger partial charge in [-0.2, -0.15) is 0 Å². The van der Waals surface area contributed by atoms with Gasteiger partial charge in [0.05, 0.1) is 19.8 Å². The minimum absolute atomic E-state index is 0.0206. The lowest BCUT2D eigenvalue weighted by Gasteiger charge is -2.06. The van der Waals surface area contributed by atoms with Crippen molar-refractivity contribution in [1.82, 2.24) is 0 Å². The molecule has 0 aromatic heterocycles. The van der Waals surface area contributed by atoms with Gasteiger partial charge in [0.15, 0.2) is 6.29 Å². The first kappa shape index (κ1) is 9.71. The zero-order valence-electron chi connectivity index (χ0n) is 7.45. The van der Waals surface area contributed by atoms with E-state index in [9.17, 15) is 0 Å². The van der Waals surface area contributed by atoms with Crippen LogP contribution in [0.25, 0.3) is 0 Å². The topological polar surface area (TPSA) is 38.7 Å². The van der Waals surface area contributed by atoms with Crippen LogP contribution in [-0.2, 0) is 9.47 Å². The number of aliphatic hydroxyl groups is 1. The summed E-state index contributed by atoms with van der Waals surface area (Å²) in [5.41, 5.74) is 1.01.